The fourth-order valence-electron chi connectivity index (χ4n) is 4.33. The van der Waals surface area contributed by atoms with Gasteiger partial charge >= 0.3 is 12.2 Å². The molecule has 1 aliphatic rings. The second-order valence-corrected chi connectivity index (χ2v) is 10.0. The van der Waals surface area contributed by atoms with E-state index in [2.05, 4.69) is 10.3 Å². The summed E-state index contributed by atoms with van der Waals surface area (Å²) in [6.45, 7) is 6.16. The number of carbonyl (C=O) groups is 2. The van der Waals surface area contributed by atoms with Crippen molar-refractivity contribution in [2.45, 2.75) is 58.5 Å². The number of carbonyl (C=O) groups excluding carboxylic acids is 2. The molecule has 1 N–H and O–H groups in total. The molecular formula is C28H33N3O4. The average Bonchev–Trinajstić information content (AvgIpc) is 3.33. The number of rotatable bonds is 5. The van der Waals surface area contributed by atoms with E-state index in [4.69, 9.17) is 9.47 Å². The lowest BCUT2D eigenvalue weighted by atomic mass is 9.89. The first-order valence-electron chi connectivity index (χ1n) is 12.2. The van der Waals surface area contributed by atoms with E-state index in [1.165, 1.54) is 23.8 Å². The van der Waals surface area contributed by atoms with Crippen LogP contribution in [0.25, 0.3) is 22.4 Å². The predicted octanol–water partition coefficient (Wildman–Crippen LogP) is 6.67. The van der Waals surface area contributed by atoms with E-state index < -0.39 is 17.8 Å². The van der Waals surface area contributed by atoms with Gasteiger partial charge in [-0.2, -0.15) is 0 Å². The summed E-state index contributed by atoms with van der Waals surface area (Å²) < 4.78 is 12.5. The van der Waals surface area contributed by atoms with Gasteiger partial charge in [0.15, 0.2) is 0 Å². The molecule has 2 heterocycles. The normalized spacial score (nSPS) is 14.4. The van der Waals surface area contributed by atoms with Crippen LogP contribution in [-0.2, 0) is 4.74 Å². The quantitative estimate of drug-likeness (QED) is 0.446. The zero-order chi connectivity index (χ0) is 24.8. The van der Waals surface area contributed by atoms with Crippen molar-refractivity contribution in [3.05, 3.63) is 61.1 Å². The first kappa shape index (κ1) is 24.5. The van der Waals surface area contributed by atoms with Crippen LogP contribution in [-0.4, -0.2) is 33.9 Å². The monoisotopic (exact) mass is 475 g/mol. The highest BCUT2D eigenvalue weighted by Gasteiger charge is 2.20. The molecule has 7 nitrogen and oxygen atoms in total. The Hall–Kier alpha value is -3.61. The van der Waals surface area contributed by atoms with Crippen LogP contribution in [0.5, 0.6) is 5.75 Å². The van der Waals surface area contributed by atoms with E-state index in [0.717, 1.165) is 29.5 Å². The second-order valence-electron chi connectivity index (χ2n) is 10.0. The first-order valence-corrected chi connectivity index (χ1v) is 12.2. The van der Waals surface area contributed by atoms with Crippen molar-refractivity contribution in [2.75, 3.05) is 6.54 Å². The van der Waals surface area contributed by atoms with Gasteiger partial charge in [0, 0.05) is 36.3 Å². The van der Waals surface area contributed by atoms with Crippen molar-refractivity contribution >= 4 is 12.2 Å². The SMILES string of the molecule is CC(C)(C)OC(=O)n1cccc1-c1cncc(-c2cccc(OC(=O)NCC3CCCCC3)c2)c1. The van der Waals surface area contributed by atoms with Gasteiger partial charge in [-0.05, 0) is 75.4 Å². The van der Waals surface area contributed by atoms with Crippen LogP contribution >= 0.6 is 0 Å². The van der Waals surface area contributed by atoms with Crippen LogP contribution in [0, 0.1) is 5.92 Å². The molecule has 0 spiro atoms. The Morgan fingerprint density at radius 2 is 1.77 bits per heavy atom. The molecule has 7 heteroatoms. The third-order valence-electron chi connectivity index (χ3n) is 6.01. The molecule has 0 radical (unpaired) electrons. The maximum Gasteiger partial charge on any atom is 0.418 e. The van der Waals surface area contributed by atoms with Crippen molar-refractivity contribution in [1.82, 2.24) is 14.9 Å². The number of hydrogen-bond donors (Lipinski definition) is 1. The molecule has 1 fully saturated rings. The largest absolute Gasteiger partial charge is 0.443 e. The lowest BCUT2D eigenvalue weighted by molar-refractivity contribution is 0.0540. The Kier molecular flexibility index (Phi) is 7.54. The maximum atomic E-state index is 12.6. The number of nitrogens with one attached hydrogen (secondary N) is 1. The van der Waals surface area contributed by atoms with Gasteiger partial charge in [0.2, 0.25) is 0 Å². The molecule has 0 bridgehead atoms. The third-order valence-corrected chi connectivity index (χ3v) is 6.01. The van der Waals surface area contributed by atoms with Gasteiger partial charge in [0.25, 0.3) is 0 Å². The van der Waals surface area contributed by atoms with Crippen LogP contribution < -0.4 is 10.1 Å². The van der Waals surface area contributed by atoms with Crippen molar-refractivity contribution in [1.29, 1.82) is 0 Å². The van der Waals surface area contributed by atoms with Gasteiger partial charge < -0.3 is 14.8 Å². The van der Waals surface area contributed by atoms with Crippen LogP contribution in [0.1, 0.15) is 52.9 Å². The Morgan fingerprint density at radius 1 is 1.00 bits per heavy atom. The Balaban J connectivity index is 1.47. The summed E-state index contributed by atoms with van der Waals surface area (Å²) in [4.78, 5) is 29.3. The van der Waals surface area contributed by atoms with Gasteiger partial charge in [-0.1, -0.05) is 31.4 Å². The fraction of sp³-hybridized carbons (Fsp3) is 0.393. The van der Waals surface area contributed by atoms with Gasteiger partial charge in [0.1, 0.15) is 11.4 Å². The summed E-state index contributed by atoms with van der Waals surface area (Å²) in [6, 6.07) is 12.9. The van der Waals surface area contributed by atoms with Crippen molar-refractivity contribution < 1.29 is 19.1 Å². The van der Waals surface area contributed by atoms with E-state index in [1.54, 1.807) is 30.7 Å². The molecule has 4 rings (SSSR count). The summed E-state index contributed by atoms with van der Waals surface area (Å²) in [5, 5.41) is 2.90. The van der Waals surface area contributed by atoms with Crippen LogP contribution in [0.3, 0.4) is 0 Å². The van der Waals surface area contributed by atoms with Gasteiger partial charge in [-0.3, -0.25) is 9.55 Å². The fourth-order valence-corrected chi connectivity index (χ4v) is 4.33. The Morgan fingerprint density at radius 3 is 2.54 bits per heavy atom. The van der Waals surface area contributed by atoms with E-state index in [1.807, 2.05) is 51.1 Å². The number of nitrogens with zero attached hydrogens (tertiary/aromatic N) is 2. The number of hydrogen-bond acceptors (Lipinski definition) is 5. The molecular weight excluding hydrogens is 442 g/mol. The summed E-state index contributed by atoms with van der Waals surface area (Å²) in [7, 11) is 0. The molecule has 1 aromatic carbocycles. The number of aromatic nitrogens is 2. The molecule has 0 atom stereocenters. The minimum Gasteiger partial charge on any atom is -0.443 e. The van der Waals surface area contributed by atoms with Crippen molar-refractivity contribution in [3.8, 4) is 28.1 Å². The molecule has 1 saturated carbocycles. The van der Waals surface area contributed by atoms with E-state index in [-0.39, 0.29) is 0 Å². The molecule has 2 aromatic heterocycles. The maximum absolute atomic E-state index is 12.6. The van der Waals surface area contributed by atoms with Gasteiger partial charge in [0.05, 0.1) is 5.69 Å². The first-order chi connectivity index (χ1) is 16.8. The number of pyridine rings is 1. The van der Waals surface area contributed by atoms with Gasteiger partial charge in [-0.25, -0.2) is 9.59 Å². The topological polar surface area (TPSA) is 82.5 Å². The number of benzene rings is 1. The summed E-state index contributed by atoms with van der Waals surface area (Å²) in [5.74, 6) is 1.00. The highest BCUT2D eigenvalue weighted by Crippen LogP contribution is 2.29. The highest BCUT2D eigenvalue weighted by molar-refractivity contribution is 5.80. The third kappa shape index (κ3) is 6.72. The molecule has 1 aliphatic carbocycles. The number of ether oxygens (including phenoxy) is 2. The molecule has 35 heavy (non-hydrogen) atoms. The molecule has 3 aromatic rings. The average molecular weight is 476 g/mol. The summed E-state index contributed by atoms with van der Waals surface area (Å²) >= 11 is 0. The zero-order valence-corrected chi connectivity index (χ0v) is 20.6. The minimum absolute atomic E-state index is 0.435. The van der Waals surface area contributed by atoms with Crippen molar-refractivity contribution in [2.24, 2.45) is 5.92 Å². The van der Waals surface area contributed by atoms with E-state index >= 15 is 0 Å². The van der Waals surface area contributed by atoms with Crippen LogP contribution in [0.4, 0.5) is 9.59 Å². The van der Waals surface area contributed by atoms with E-state index in [0.29, 0.717) is 23.9 Å². The lowest BCUT2D eigenvalue weighted by Gasteiger charge is -2.21. The molecule has 1 amide bonds. The van der Waals surface area contributed by atoms with Crippen molar-refractivity contribution in [3.63, 3.8) is 0 Å². The lowest BCUT2D eigenvalue weighted by Crippen LogP contribution is -2.32. The zero-order valence-electron chi connectivity index (χ0n) is 20.6. The molecule has 0 aliphatic heterocycles. The van der Waals surface area contributed by atoms with Gasteiger partial charge in [-0.15, -0.1) is 0 Å². The molecule has 184 valence electrons. The van der Waals surface area contributed by atoms with Crippen LogP contribution in [0.2, 0.25) is 0 Å². The van der Waals surface area contributed by atoms with Crippen LogP contribution in [0.15, 0.2) is 61.1 Å². The minimum atomic E-state index is -0.595. The Bertz CT molecular complexity index is 1170. The number of amides is 1. The molecule has 0 unspecified atom stereocenters. The summed E-state index contributed by atoms with van der Waals surface area (Å²) in [6.07, 6.45) is 10.3. The second kappa shape index (κ2) is 10.8. The highest BCUT2D eigenvalue weighted by atomic mass is 16.6. The molecule has 0 saturated heterocycles. The summed E-state index contributed by atoms with van der Waals surface area (Å²) in [5.41, 5.74) is 2.56. The van der Waals surface area contributed by atoms with E-state index in [9.17, 15) is 9.59 Å². The standard InChI is InChI=1S/C28H33N3O4/c1-28(2,3)35-27(33)31-14-8-13-25(31)23-15-22(18-29-19-23)21-11-7-12-24(16-21)34-26(32)30-17-20-9-5-4-6-10-20/h7-8,11-16,18-20H,4-6,9-10,17H2,1-3H3,(H,30,32). The smallest absolute Gasteiger partial charge is 0.418 e. The Labute approximate surface area is 206 Å². The predicted molar refractivity (Wildman–Crippen MR) is 135 cm³/mol.